The zero-order valence-corrected chi connectivity index (χ0v) is 16.3. The number of para-hydroxylation sites is 2. The molecule has 4 rings (SSSR count). The standard InChI is InChI=1S/C20H19N5O2S/c1-15(2)24-12-13-25(14-24)20-19(21-17-10-6-7-11-18(17)22-20)23-28(26,27)16-8-4-3-5-9-16/h3-15H,1-2H3/p+1. The van der Waals surface area contributed by atoms with Crippen molar-refractivity contribution < 1.29 is 13.3 Å². The van der Waals surface area contributed by atoms with E-state index in [4.69, 9.17) is 0 Å². The van der Waals surface area contributed by atoms with Gasteiger partial charge in [0, 0.05) is 0 Å². The molecule has 0 amide bonds. The van der Waals surface area contributed by atoms with Crippen LogP contribution in [0.3, 0.4) is 0 Å². The van der Waals surface area contributed by atoms with Gasteiger partial charge in [0.2, 0.25) is 5.82 Å². The molecule has 142 valence electrons. The Bertz CT molecular complexity index is 1260. The van der Waals surface area contributed by atoms with Crippen molar-refractivity contribution in [2.45, 2.75) is 24.8 Å². The second kappa shape index (κ2) is 7.14. The molecule has 0 radical (unpaired) electrons. The average Bonchev–Trinajstić information content (AvgIpc) is 3.18. The molecule has 7 nitrogen and oxygen atoms in total. The Balaban J connectivity index is 1.96. The van der Waals surface area contributed by atoms with Crippen molar-refractivity contribution in [3.8, 4) is 5.82 Å². The first-order valence-electron chi connectivity index (χ1n) is 8.84. The van der Waals surface area contributed by atoms with Gasteiger partial charge in [-0.15, -0.1) is 4.36 Å². The van der Waals surface area contributed by atoms with Crippen molar-refractivity contribution in [1.82, 2.24) is 14.5 Å². The minimum absolute atomic E-state index is 0.113. The van der Waals surface area contributed by atoms with Gasteiger partial charge in [-0.25, -0.2) is 18.7 Å². The van der Waals surface area contributed by atoms with E-state index in [1.165, 1.54) is 0 Å². The molecule has 0 aliphatic carbocycles. The summed E-state index contributed by atoms with van der Waals surface area (Å²) in [6.45, 7) is 4.13. The molecule has 2 aromatic heterocycles. The third kappa shape index (κ3) is 3.51. The molecule has 1 atom stereocenters. The van der Waals surface area contributed by atoms with E-state index >= 15 is 0 Å². The maximum atomic E-state index is 12.9. The summed E-state index contributed by atoms with van der Waals surface area (Å²) in [6, 6.07) is 16.0. The van der Waals surface area contributed by atoms with Gasteiger partial charge < -0.3 is 0 Å². The van der Waals surface area contributed by atoms with Crippen LogP contribution in [0.5, 0.6) is 0 Å². The van der Waals surface area contributed by atoms with Gasteiger partial charge in [-0.2, -0.15) is 4.57 Å². The van der Waals surface area contributed by atoms with E-state index in [9.17, 15) is 8.76 Å². The molecule has 1 N–H and O–H groups in total. The third-order valence-corrected chi connectivity index (χ3v) is 5.60. The Morgan fingerprint density at radius 1 is 1.04 bits per heavy atom. The summed E-state index contributed by atoms with van der Waals surface area (Å²) in [7, 11) is -3.67. The number of nitrogens with zero attached hydrogens (tertiary/aromatic N) is 5. The van der Waals surface area contributed by atoms with Crippen molar-refractivity contribution in [3.63, 3.8) is 0 Å². The van der Waals surface area contributed by atoms with E-state index in [0.29, 0.717) is 16.9 Å². The molecule has 0 spiro atoms. The monoisotopic (exact) mass is 394 g/mol. The van der Waals surface area contributed by atoms with Crippen LogP contribution in [0.4, 0.5) is 5.82 Å². The van der Waals surface area contributed by atoms with Gasteiger partial charge in [0.15, 0.2) is 10.0 Å². The molecule has 0 bridgehead atoms. The number of hydrogen-bond donors (Lipinski definition) is 1. The van der Waals surface area contributed by atoms with E-state index in [-0.39, 0.29) is 16.8 Å². The molecule has 0 aliphatic heterocycles. The summed E-state index contributed by atoms with van der Waals surface area (Å²) >= 11 is 0. The van der Waals surface area contributed by atoms with E-state index < -0.39 is 10.0 Å². The quantitative estimate of drug-likeness (QED) is 0.532. The summed E-state index contributed by atoms with van der Waals surface area (Å²) in [4.78, 5) is 9.39. The predicted molar refractivity (Wildman–Crippen MR) is 107 cm³/mol. The second-order valence-corrected chi connectivity index (χ2v) is 8.27. The van der Waals surface area contributed by atoms with Gasteiger partial charge in [0.05, 0.1) is 22.0 Å². The Labute approximate surface area is 163 Å². The molecule has 1 unspecified atom stereocenters. The molecular weight excluding hydrogens is 374 g/mol. The molecule has 28 heavy (non-hydrogen) atoms. The number of benzene rings is 2. The minimum Gasteiger partial charge on any atom is -0.296 e. The molecule has 0 saturated heterocycles. The number of rotatable bonds is 4. The van der Waals surface area contributed by atoms with Crippen molar-refractivity contribution in [2.24, 2.45) is 4.36 Å². The van der Waals surface area contributed by atoms with Crippen LogP contribution in [0.2, 0.25) is 0 Å². The lowest BCUT2D eigenvalue weighted by molar-refractivity contribution is -0.715. The molecule has 0 saturated carbocycles. The average molecular weight is 394 g/mol. The zero-order chi connectivity index (χ0) is 19.7. The maximum absolute atomic E-state index is 12.9. The first-order valence-corrected chi connectivity index (χ1v) is 10.3. The van der Waals surface area contributed by atoms with Crippen LogP contribution in [0.15, 0.2) is 82.6 Å². The summed E-state index contributed by atoms with van der Waals surface area (Å²) < 4.78 is 31.3. The van der Waals surface area contributed by atoms with Gasteiger partial charge in [0.25, 0.3) is 12.1 Å². The first-order chi connectivity index (χ1) is 13.4. The van der Waals surface area contributed by atoms with Gasteiger partial charge >= 0.3 is 0 Å². The Hall–Kier alpha value is -3.10. The van der Waals surface area contributed by atoms with Crippen LogP contribution >= 0.6 is 0 Å². The fourth-order valence-corrected chi connectivity index (χ4v) is 3.76. The van der Waals surface area contributed by atoms with Gasteiger partial charge in [-0.1, -0.05) is 30.3 Å². The van der Waals surface area contributed by atoms with Crippen LogP contribution in [-0.4, -0.2) is 23.3 Å². The lowest BCUT2D eigenvalue weighted by Crippen LogP contribution is -2.33. The Morgan fingerprint density at radius 2 is 1.68 bits per heavy atom. The van der Waals surface area contributed by atoms with E-state index in [1.807, 2.05) is 41.5 Å². The SMILES string of the molecule is CC(C)[n+]1ccn(-c2nc3ccccc3nc2N=S(=O)(O)c2ccccc2)c1. The van der Waals surface area contributed by atoms with Crippen LogP contribution in [0.25, 0.3) is 16.9 Å². The summed E-state index contributed by atoms with van der Waals surface area (Å²) in [6.07, 6.45) is 5.61. The Kier molecular flexibility index (Phi) is 4.66. The van der Waals surface area contributed by atoms with Crippen molar-refractivity contribution in [1.29, 1.82) is 0 Å². The molecule has 2 aromatic carbocycles. The lowest BCUT2D eigenvalue weighted by Gasteiger charge is -2.06. The zero-order valence-electron chi connectivity index (χ0n) is 15.5. The highest BCUT2D eigenvalue weighted by atomic mass is 32.2. The van der Waals surface area contributed by atoms with Crippen molar-refractivity contribution in [2.75, 3.05) is 0 Å². The van der Waals surface area contributed by atoms with Gasteiger partial charge in [-0.05, 0) is 38.1 Å². The van der Waals surface area contributed by atoms with E-state index in [2.05, 4.69) is 28.2 Å². The topological polar surface area (TPSA) is 84.3 Å². The maximum Gasteiger partial charge on any atom is 0.272 e. The van der Waals surface area contributed by atoms with Crippen LogP contribution in [0, 0.1) is 0 Å². The highest BCUT2D eigenvalue weighted by Gasteiger charge is 2.20. The van der Waals surface area contributed by atoms with Crippen LogP contribution in [-0.2, 0) is 10.0 Å². The fourth-order valence-electron chi connectivity index (χ4n) is 2.78. The van der Waals surface area contributed by atoms with Crippen LogP contribution < -0.4 is 4.57 Å². The number of fused-ring (bicyclic) bond motifs is 1. The first kappa shape index (κ1) is 18.3. The highest BCUT2D eigenvalue weighted by Crippen LogP contribution is 2.25. The molecule has 0 aliphatic rings. The number of imidazole rings is 1. The van der Waals surface area contributed by atoms with Gasteiger partial charge in [0.1, 0.15) is 12.4 Å². The molecule has 8 heteroatoms. The molecule has 0 fully saturated rings. The second-order valence-electron chi connectivity index (χ2n) is 6.62. The minimum atomic E-state index is -3.67. The van der Waals surface area contributed by atoms with Gasteiger partial charge in [-0.3, -0.25) is 4.55 Å². The van der Waals surface area contributed by atoms with E-state index in [0.717, 1.165) is 0 Å². The number of aromatic nitrogens is 4. The van der Waals surface area contributed by atoms with E-state index in [1.54, 1.807) is 41.0 Å². The normalized spacial score (nSPS) is 13.6. The Morgan fingerprint density at radius 3 is 2.32 bits per heavy atom. The summed E-state index contributed by atoms with van der Waals surface area (Å²) in [5, 5.41) is 0. The molecule has 2 heterocycles. The van der Waals surface area contributed by atoms with Crippen molar-refractivity contribution >= 4 is 26.9 Å². The predicted octanol–water partition coefficient (Wildman–Crippen LogP) is 3.92. The summed E-state index contributed by atoms with van der Waals surface area (Å²) in [5.41, 5.74) is 1.29. The van der Waals surface area contributed by atoms with Crippen molar-refractivity contribution in [3.05, 3.63) is 73.3 Å². The molecular formula is C20H20N5O2S+. The lowest BCUT2D eigenvalue weighted by atomic mass is 10.3. The molecule has 4 aromatic rings. The smallest absolute Gasteiger partial charge is 0.272 e. The fraction of sp³-hybridized carbons (Fsp3) is 0.150. The number of hydrogen-bond acceptors (Lipinski definition) is 4. The largest absolute Gasteiger partial charge is 0.296 e. The summed E-state index contributed by atoms with van der Waals surface area (Å²) in [5.74, 6) is 0.511. The third-order valence-electron chi connectivity index (χ3n) is 4.29. The highest BCUT2D eigenvalue weighted by molar-refractivity contribution is 7.88. The van der Waals surface area contributed by atoms with Crippen LogP contribution in [0.1, 0.15) is 19.9 Å².